The summed E-state index contributed by atoms with van der Waals surface area (Å²) in [6, 6.07) is 4.45. The fourth-order valence-electron chi connectivity index (χ4n) is 5.42. The zero-order valence-electron chi connectivity index (χ0n) is 18.1. The standard InChI is InChI=1S/C23H25BBrF3N2/c1-7-17-12(3)22-21(19-11-16(26)9-10-20(19)25)23-13(4)18(8-2)15(6)30(23)24(27,28)29(22)14(17)5/h9-11H,7-8H2,1-6H3. The van der Waals surface area contributed by atoms with E-state index in [0.717, 1.165) is 22.3 Å². The lowest BCUT2D eigenvalue weighted by Crippen LogP contribution is -2.51. The summed E-state index contributed by atoms with van der Waals surface area (Å²) in [5.74, 6) is -0.394. The lowest BCUT2D eigenvalue weighted by molar-refractivity contribution is -0.363. The monoisotopic (exact) mass is 476 g/mol. The molecule has 30 heavy (non-hydrogen) atoms. The summed E-state index contributed by atoms with van der Waals surface area (Å²) < 4.78 is 49.7. The second-order valence-electron chi connectivity index (χ2n) is 8.11. The summed E-state index contributed by atoms with van der Waals surface area (Å²) in [5.41, 5.74) is 6.93. The van der Waals surface area contributed by atoms with Crippen molar-refractivity contribution in [3.63, 3.8) is 0 Å². The average molecular weight is 477 g/mol. The first-order valence-electron chi connectivity index (χ1n) is 10.3. The van der Waals surface area contributed by atoms with E-state index >= 15 is 8.63 Å². The average Bonchev–Trinajstić information content (AvgIpc) is 3.09. The van der Waals surface area contributed by atoms with E-state index in [9.17, 15) is 4.39 Å². The molecule has 4 rings (SSSR count). The van der Waals surface area contributed by atoms with Crippen molar-refractivity contribution in [1.29, 1.82) is 0 Å². The Morgan fingerprint density at radius 3 is 2.33 bits per heavy atom. The summed E-state index contributed by atoms with van der Waals surface area (Å²) in [6.07, 6.45) is 1.32. The number of halogens is 4. The van der Waals surface area contributed by atoms with Crippen LogP contribution in [0.15, 0.2) is 39.5 Å². The highest BCUT2D eigenvalue weighted by atomic mass is 79.9. The van der Waals surface area contributed by atoms with Crippen LogP contribution in [0.4, 0.5) is 13.0 Å². The van der Waals surface area contributed by atoms with E-state index in [-0.39, 0.29) is 0 Å². The third-order valence-electron chi connectivity index (χ3n) is 6.69. The Morgan fingerprint density at radius 1 is 1.07 bits per heavy atom. The second kappa shape index (κ2) is 7.01. The van der Waals surface area contributed by atoms with Gasteiger partial charge in [-0.3, -0.25) is 0 Å². The van der Waals surface area contributed by atoms with Crippen LogP contribution in [0.2, 0.25) is 0 Å². The lowest BCUT2D eigenvalue weighted by Gasteiger charge is -2.34. The Hall–Kier alpha value is -2.02. The van der Waals surface area contributed by atoms with E-state index in [0.29, 0.717) is 51.2 Å². The van der Waals surface area contributed by atoms with Gasteiger partial charge < -0.3 is 17.6 Å². The molecule has 0 saturated carbocycles. The van der Waals surface area contributed by atoms with E-state index in [1.165, 1.54) is 21.1 Å². The molecule has 0 saturated heterocycles. The molecule has 0 bridgehead atoms. The Balaban J connectivity index is 2.27. The van der Waals surface area contributed by atoms with Crippen molar-refractivity contribution in [2.75, 3.05) is 0 Å². The van der Waals surface area contributed by atoms with Crippen molar-refractivity contribution in [3.8, 4) is 0 Å². The molecule has 2 aromatic rings. The van der Waals surface area contributed by atoms with Gasteiger partial charge in [0.1, 0.15) is 11.5 Å². The quantitative estimate of drug-likeness (QED) is 0.431. The zero-order chi connectivity index (χ0) is 22.1. The number of hydrogen-bond donors (Lipinski definition) is 0. The van der Waals surface area contributed by atoms with E-state index in [1.54, 1.807) is 19.9 Å². The molecule has 0 radical (unpaired) electrons. The molecule has 158 valence electrons. The fraction of sp³-hybridized carbons (Fsp3) is 0.348. The molecule has 2 aliphatic heterocycles. The summed E-state index contributed by atoms with van der Waals surface area (Å²) in [5, 5.41) is 0. The summed E-state index contributed by atoms with van der Waals surface area (Å²) in [6.45, 7) is 7.22. The molecule has 2 nitrogen and oxygen atoms in total. The molecule has 0 N–H and O–H groups in total. The first-order chi connectivity index (χ1) is 14.1. The van der Waals surface area contributed by atoms with Crippen molar-refractivity contribution < 1.29 is 17.5 Å². The number of nitrogens with zero attached hydrogens (tertiary/aromatic N) is 2. The minimum Gasteiger partial charge on any atom is -0.393 e. The van der Waals surface area contributed by atoms with E-state index in [1.807, 2.05) is 27.7 Å². The van der Waals surface area contributed by atoms with Crippen molar-refractivity contribution in [1.82, 2.24) is 4.48 Å². The topological polar surface area (TPSA) is 7.94 Å². The predicted molar refractivity (Wildman–Crippen MR) is 121 cm³/mol. The minimum atomic E-state index is -4.07. The van der Waals surface area contributed by atoms with Crippen LogP contribution in [0.25, 0.3) is 5.57 Å². The van der Waals surface area contributed by atoms with Crippen LogP contribution in [-0.4, -0.2) is 21.6 Å². The van der Waals surface area contributed by atoms with Crippen molar-refractivity contribution in [3.05, 3.63) is 73.4 Å². The maximum Gasteiger partial charge on any atom is 0.737 e. The molecule has 1 aromatic carbocycles. The minimum absolute atomic E-state index is 0.394. The van der Waals surface area contributed by atoms with Crippen LogP contribution in [0.3, 0.4) is 0 Å². The summed E-state index contributed by atoms with van der Waals surface area (Å²) in [7, 11) is 0. The van der Waals surface area contributed by atoms with Gasteiger partial charge in [0.25, 0.3) is 0 Å². The van der Waals surface area contributed by atoms with Gasteiger partial charge in [0.05, 0.1) is 5.57 Å². The van der Waals surface area contributed by atoms with Gasteiger partial charge in [-0.1, -0.05) is 29.8 Å². The van der Waals surface area contributed by atoms with Gasteiger partial charge in [-0.15, -0.1) is 0 Å². The van der Waals surface area contributed by atoms with Gasteiger partial charge in [0.15, 0.2) is 5.70 Å². The predicted octanol–water partition coefficient (Wildman–Crippen LogP) is 6.78. The third kappa shape index (κ3) is 2.60. The number of hydrogen-bond acceptors (Lipinski definition) is 0. The normalized spacial score (nSPS) is 17.8. The van der Waals surface area contributed by atoms with Gasteiger partial charge in [-0.2, -0.15) is 0 Å². The SMILES string of the molecule is CCC1=C(C)C2=C(c3cc(F)ccc3Br)c3c(C)c(CC)c(C)n3[B-](F)(F)[N+]2=C1C. The molecule has 3 heterocycles. The largest absolute Gasteiger partial charge is 0.737 e. The van der Waals surface area contributed by atoms with E-state index in [4.69, 9.17) is 0 Å². The van der Waals surface area contributed by atoms with Crippen LogP contribution in [-0.2, 0) is 6.42 Å². The Morgan fingerprint density at radius 2 is 1.73 bits per heavy atom. The van der Waals surface area contributed by atoms with Crippen molar-refractivity contribution in [2.24, 2.45) is 0 Å². The zero-order valence-corrected chi connectivity index (χ0v) is 19.7. The number of aromatic nitrogens is 1. The maximum absolute atomic E-state index is 16.1. The van der Waals surface area contributed by atoms with Crippen LogP contribution < -0.4 is 0 Å². The molecule has 0 unspecified atom stereocenters. The first kappa shape index (κ1) is 21.2. The van der Waals surface area contributed by atoms with E-state index < -0.39 is 12.8 Å². The number of rotatable bonds is 3. The summed E-state index contributed by atoms with van der Waals surface area (Å²) in [4.78, 5) is 0. The second-order valence-corrected chi connectivity index (χ2v) is 8.96. The lowest BCUT2D eigenvalue weighted by atomic mass is 9.83. The van der Waals surface area contributed by atoms with Crippen molar-refractivity contribution in [2.45, 2.75) is 54.4 Å². The molecule has 0 atom stereocenters. The molecular weight excluding hydrogens is 452 g/mol. The molecular formula is C23H25BBrF3N2. The molecule has 7 heteroatoms. The van der Waals surface area contributed by atoms with Gasteiger partial charge in [-0.25, -0.2) is 4.39 Å². The number of fused-ring (bicyclic) bond motifs is 2. The molecule has 0 aliphatic carbocycles. The van der Waals surface area contributed by atoms with Crippen molar-refractivity contribution >= 4 is 34.2 Å². The smallest absolute Gasteiger partial charge is 0.393 e. The van der Waals surface area contributed by atoms with Crippen LogP contribution >= 0.6 is 15.9 Å². The van der Waals surface area contributed by atoms with E-state index in [2.05, 4.69) is 15.9 Å². The molecule has 0 amide bonds. The van der Waals surface area contributed by atoms with Crippen LogP contribution in [0, 0.1) is 19.7 Å². The third-order valence-corrected chi connectivity index (χ3v) is 7.38. The maximum atomic E-state index is 16.1. The number of benzene rings is 1. The summed E-state index contributed by atoms with van der Waals surface area (Å²) >= 11 is 3.54. The molecule has 0 spiro atoms. The van der Waals surface area contributed by atoms with Crippen LogP contribution in [0.1, 0.15) is 62.2 Å². The Labute approximate surface area is 184 Å². The van der Waals surface area contributed by atoms with Gasteiger partial charge >= 0.3 is 6.97 Å². The first-order valence-corrected chi connectivity index (χ1v) is 11.1. The fourth-order valence-corrected chi connectivity index (χ4v) is 5.87. The van der Waals surface area contributed by atoms with Crippen LogP contribution in [0.5, 0.6) is 0 Å². The van der Waals surface area contributed by atoms with Gasteiger partial charge in [-0.05, 0) is 68.6 Å². The Kier molecular flexibility index (Phi) is 4.96. The highest BCUT2D eigenvalue weighted by Gasteiger charge is 2.56. The Bertz CT molecular complexity index is 1200. The van der Waals surface area contributed by atoms with Gasteiger partial charge in [0.2, 0.25) is 0 Å². The molecule has 1 aromatic heterocycles. The highest BCUT2D eigenvalue weighted by Crippen LogP contribution is 2.48. The number of allylic oxidation sites excluding steroid dienone is 2. The highest BCUT2D eigenvalue weighted by molar-refractivity contribution is 9.10. The van der Waals surface area contributed by atoms with Gasteiger partial charge in [0, 0.05) is 33.8 Å². The molecule has 0 fully saturated rings. The molecule has 2 aliphatic rings.